The van der Waals surface area contributed by atoms with Gasteiger partial charge in [-0.25, -0.2) is 4.68 Å². The van der Waals surface area contributed by atoms with Crippen LogP contribution in [0, 0.1) is 17.0 Å². The standard InChI is InChI=1S/C11H8F3N3O2/c1-7-2-3-16(15-7)9-4-8(11(12,13)14)5-10(6-9)17(18)19/h2-6H,1H3. The van der Waals surface area contributed by atoms with Crippen molar-refractivity contribution in [1.82, 2.24) is 9.78 Å². The zero-order chi connectivity index (χ0) is 14.2. The minimum absolute atomic E-state index is 0.00498. The highest BCUT2D eigenvalue weighted by molar-refractivity contribution is 5.47. The summed E-state index contributed by atoms with van der Waals surface area (Å²) in [5.74, 6) is 0. The number of aryl methyl sites for hydroxylation is 1. The number of hydrogen-bond acceptors (Lipinski definition) is 3. The summed E-state index contributed by atoms with van der Waals surface area (Å²) in [5.41, 5.74) is -1.11. The van der Waals surface area contributed by atoms with E-state index in [1.54, 1.807) is 13.0 Å². The molecule has 5 nitrogen and oxygen atoms in total. The maximum absolute atomic E-state index is 12.7. The number of rotatable bonds is 2. The normalized spacial score (nSPS) is 11.6. The van der Waals surface area contributed by atoms with Gasteiger partial charge in [-0.05, 0) is 19.1 Å². The topological polar surface area (TPSA) is 61.0 Å². The molecule has 0 bridgehead atoms. The predicted molar refractivity (Wildman–Crippen MR) is 60.0 cm³/mol. The molecule has 0 aliphatic rings. The number of nitrogens with zero attached hydrogens (tertiary/aromatic N) is 3. The van der Waals surface area contributed by atoms with Crippen LogP contribution in [0.3, 0.4) is 0 Å². The fourth-order valence-electron chi connectivity index (χ4n) is 1.56. The van der Waals surface area contributed by atoms with Gasteiger partial charge in [0, 0.05) is 18.3 Å². The Labute approximate surface area is 105 Å². The minimum atomic E-state index is -4.65. The molecule has 0 N–H and O–H groups in total. The van der Waals surface area contributed by atoms with Gasteiger partial charge in [-0.2, -0.15) is 18.3 Å². The van der Waals surface area contributed by atoms with E-state index in [0.717, 1.165) is 16.8 Å². The number of aromatic nitrogens is 2. The van der Waals surface area contributed by atoms with E-state index in [0.29, 0.717) is 11.8 Å². The summed E-state index contributed by atoms with van der Waals surface area (Å²) in [6, 6.07) is 3.95. The van der Waals surface area contributed by atoms with Crippen molar-refractivity contribution < 1.29 is 18.1 Å². The molecule has 1 aromatic carbocycles. The first-order valence-electron chi connectivity index (χ1n) is 5.17. The van der Waals surface area contributed by atoms with Crippen LogP contribution in [-0.2, 0) is 6.18 Å². The molecule has 2 aromatic rings. The van der Waals surface area contributed by atoms with E-state index in [4.69, 9.17) is 0 Å². The van der Waals surface area contributed by atoms with Gasteiger partial charge in [0.25, 0.3) is 5.69 Å². The van der Waals surface area contributed by atoms with E-state index in [9.17, 15) is 23.3 Å². The van der Waals surface area contributed by atoms with Crippen molar-refractivity contribution in [2.75, 3.05) is 0 Å². The van der Waals surface area contributed by atoms with Gasteiger partial charge in [0.15, 0.2) is 0 Å². The van der Waals surface area contributed by atoms with Crippen molar-refractivity contribution in [2.45, 2.75) is 13.1 Å². The molecule has 2 rings (SSSR count). The van der Waals surface area contributed by atoms with Crippen LogP contribution in [-0.4, -0.2) is 14.7 Å². The van der Waals surface area contributed by atoms with Crippen LogP contribution in [0.25, 0.3) is 5.69 Å². The van der Waals surface area contributed by atoms with Crippen LogP contribution in [0.15, 0.2) is 30.5 Å². The van der Waals surface area contributed by atoms with Crippen molar-refractivity contribution in [3.8, 4) is 5.69 Å². The molecule has 0 radical (unpaired) electrons. The molecule has 1 heterocycles. The molecule has 0 atom stereocenters. The second-order valence-electron chi connectivity index (χ2n) is 3.89. The minimum Gasteiger partial charge on any atom is -0.258 e. The summed E-state index contributed by atoms with van der Waals surface area (Å²) in [7, 11) is 0. The Balaban J connectivity index is 2.61. The quantitative estimate of drug-likeness (QED) is 0.622. The first-order valence-corrected chi connectivity index (χ1v) is 5.17. The van der Waals surface area contributed by atoms with Gasteiger partial charge in [0.2, 0.25) is 0 Å². The van der Waals surface area contributed by atoms with E-state index in [1.165, 1.54) is 6.20 Å². The summed E-state index contributed by atoms with van der Waals surface area (Å²) < 4.78 is 39.2. The van der Waals surface area contributed by atoms with Gasteiger partial charge < -0.3 is 0 Å². The van der Waals surface area contributed by atoms with Gasteiger partial charge in [0.05, 0.1) is 21.9 Å². The van der Waals surface area contributed by atoms with Gasteiger partial charge in [-0.1, -0.05) is 0 Å². The van der Waals surface area contributed by atoms with E-state index in [2.05, 4.69) is 5.10 Å². The van der Waals surface area contributed by atoms with E-state index < -0.39 is 22.4 Å². The number of nitro groups is 1. The zero-order valence-electron chi connectivity index (χ0n) is 9.68. The molecule has 8 heteroatoms. The van der Waals surface area contributed by atoms with Crippen LogP contribution in [0.2, 0.25) is 0 Å². The number of halogens is 3. The SMILES string of the molecule is Cc1ccn(-c2cc([N+](=O)[O-])cc(C(F)(F)F)c2)n1. The average Bonchev–Trinajstić information content (AvgIpc) is 2.74. The third-order valence-electron chi connectivity index (χ3n) is 2.43. The van der Waals surface area contributed by atoms with E-state index in [1.807, 2.05) is 0 Å². The molecule has 19 heavy (non-hydrogen) atoms. The number of alkyl halides is 3. The summed E-state index contributed by atoms with van der Waals surface area (Å²) in [6.45, 7) is 1.67. The number of hydrogen-bond donors (Lipinski definition) is 0. The van der Waals surface area contributed by atoms with Crippen LogP contribution < -0.4 is 0 Å². The lowest BCUT2D eigenvalue weighted by atomic mass is 10.1. The van der Waals surface area contributed by atoms with Crippen molar-refractivity contribution in [1.29, 1.82) is 0 Å². The van der Waals surface area contributed by atoms with Crippen molar-refractivity contribution in [2.24, 2.45) is 0 Å². The van der Waals surface area contributed by atoms with Gasteiger partial charge in [0.1, 0.15) is 0 Å². The molecule has 100 valence electrons. The Hall–Kier alpha value is -2.38. The van der Waals surface area contributed by atoms with Crippen LogP contribution >= 0.6 is 0 Å². The lowest BCUT2D eigenvalue weighted by Crippen LogP contribution is -2.08. The average molecular weight is 271 g/mol. The van der Waals surface area contributed by atoms with Crippen molar-refractivity contribution in [3.63, 3.8) is 0 Å². The second kappa shape index (κ2) is 4.38. The highest BCUT2D eigenvalue weighted by Gasteiger charge is 2.33. The first-order chi connectivity index (χ1) is 8.77. The maximum Gasteiger partial charge on any atom is 0.416 e. The monoisotopic (exact) mass is 271 g/mol. The molecule has 0 unspecified atom stereocenters. The second-order valence-corrected chi connectivity index (χ2v) is 3.89. The summed E-state index contributed by atoms with van der Waals surface area (Å²) >= 11 is 0. The van der Waals surface area contributed by atoms with E-state index >= 15 is 0 Å². The largest absolute Gasteiger partial charge is 0.416 e. The molecule has 0 aliphatic carbocycles. The third-order valence-corrected chi connectivity index (χ3v) is 2.43. The molecule has 0 fully saturated rings. The van der Waals surface area contributed by atoms with Crippen molar-refractivity contribution >= 4 is 5.69 Å². The zero-order valence-corrected chi connectivity index (χ0v) is 9.68. The fraction of sp³-hybridized carbons (Fsp3) is 0.182. The highest BCUT2D eigenvalue weighted by atomic mass is 19.4. The molecule has 0 saturated carbocycles. The summed E-state index contributed by atoms with van der Waals surface area (Å²) in [4.78, 5) is 9.81. The van der Waals surface area contributed by atoms with Gasteiger partial charge in [-0.3, -0.25) is 10.1 Å². The Morgan fingerprint density at radius 3 is 2.47 bits per heavy atom. The van der Waals surface area contributed by atoms with E-state index in [-0.39, 0.29) is 5.69 Å². The van der Waals surface area contributed by atoms with Gasteiger partial charge in [-0.15, -0.1) is 0 Å². The van der Waals surface area contributed by atoms with Crippen LogP contribution in [0.4, 0.5) is 18.9 Å². The smallest absolute Gasteiger partial charge is 0.258 e. The molecule has 1 aromatic heterocycles. The van der Waals surface area contributed by atoms with Crippen molar-refractivity contribution in [3.05, 3.63) is 51.8 Å². The Morgan fingerprint density at radius 1 is 1.32 bits per heavy atom. The number of nitro benzene ring substituents is 1. The third kappa shape index (κ3) is 2.72. The maximum atomic E-state index is 12.7. The molecular weight excluding hydrogens is 263 g/mol. The Kier molecular flexibility index (Phi) is 3.01. The number of non-ortho nitro benzene ring substituents is 1. The summed E-state index contributed by atoms with van der Waals surface area (Å²) in [6.07, 6.45) is -3.21. The lowest BCUT2D eigenvalue weighted by Gasteiger charge is -2.09. The first kappa shape index (κ1) is 13.1. The molecular formula is C11H8F3N3O2. The molecule has 0 amide bonds. The molecule has 0 aliphatic heterocycles. The molecule has 0 saturated heterocycles. The predicted octanol–water partition coefficient (Wildman–Crippen LogP) is 3.11. The van der Waals surface area contributed by atoms with Crippen LogP contribution in [0.1, 0.15) is 11.3 Å². The fourth-order valence-corrected chi connectivity index (χ4v) is 1.56. The van der Waals surface area contributed by atoms with Crippen LogP contribution in [0.5, 0.6) is 0 Å². The Bertz CT molecular complexity index is 634. The highest BCUT2D eigenvalue weighted by Crippen LogP contribution is 2.33. The summed E-state index contributed by atoms with van der Waals surface area (Å²) in [5, 5.41) is 14.6. The molecule has 0 spiro atoms. The number of benzene rings is 1. The van der Waals surface area contributed by atoms with Gasteiger partial charge >= 0.3 is 6.18 Å². The Morgan fingerprint density at radius 2 is 2.00 bits per heavy atom. The lowest BCUT2D eigenvalue weighted by molar-refractivity contribution is -0.385.